The van der Waals surface area contributed by atoms with Crippen molar-refractivity contribution < 1.29 is 0 Å². The molecule has 2 heteroatoms. The predicted octanol–water partition coefficient (Wildman–Crippen LogP) is 3.76. The van der Waals surface area contributed by atoms with Crippen LogP contribution < -0.4 is 0 Å². The highest BCUT2D eigenvalue weighted by molar-refractivity contribution is 6.18. The molecule has 0 rings (SSSR count). The average Bonchev–Trinajstić information content (AvgIpc) is 2.21. The second-order valence-corrected chi connectivity index (χ2v) is 4.58. The molecule has 0 aromatic rings. The van der Waals surface area contributed by atoms with Gasteiger partial charge in [-0.15, -0.1) is 11.6 Å². The largest absolute Gasteiger partial charge is 0.303 e. The summed E-state index contributed by atoms with van der Waals surface area (Å²) in [6.45, 7) is 10.4. The molecule has 0 saturated carbocycles. The minimum Gasteiger partial charge on any atom is -0.303 e. The number of nitrogens with zero attached hydrogens (tertiary/aromatic N) is 1. The third kappa shape index (κ3) is 7.64. The second kappa shape index (κ2) is 9.79. The molecule has 0 saturated heterocycles. The molecule has 0 N–H and O–H groups in total. The lowest BCUT2D eigenvalue weighted by atomic mass is 10.2. The smallest absolute Gasteiger partial charge is 0.0261 e. The molecule has 14 heavy (non-hydrogen) atoms. The van der Waals surface area contributed by atoms with E-state index < -0.39 is 0 Å². The van der Waals surface area contributed by atoms with Crippen molar-refractivity contribution in [3.8, 4) is 0 Å². The van der Waals surface area contributed by atoms with Crippen molar-refractivity contribution in [2.45, 2.75) is 46.5 Å². The minimum absolute atomic E-state index is 0.630. The molecule has 0 aromatic carbocycles. The first-order chi connectivity index (χ1) is 6.74. The lowest BCUT2D eigenvalue weighted by Gasteiger charge is -2.24. The Morgan fingerprint density at radius 1 is 1.07 bits per heavy atom. The fraction of sp³-hybridized carbons (Fsp3) is 1.00. The summed E-state index contributed by atoms with van der Waals surface area (Å²) < 4.78 is 0. The lowest BCUT2D eigenvalue weighted by Crippen LogP contribution is -2.31. The summed E-state index contributed by atoms with van der Waals surface area (Å²) in [5.74, 6) is 1.42. The third-order valence-corrected chi connectivity index (χ3v) is 3.02. The molecule has 1 unspecified atom stereocenters. The maximum Gasteiger partial charge on any atom is 0.0261 e. The van der Waals surface area contributed by atoms with E-state index in [1.165, 1.54) is 45.3 Å². The third-order valence-electron chi connectivity index (χ3n) is 2.49. The van der Waals surface area contributed by atoms with Crippen molar-refractivity contribution >= 4 is 11.6 Å². The van der Waals surface area contributed by atoms with E-state index >= 15 is 0 Å². The van der Waals surface area contributed by atoms with Crippen LogP contribution in [0.5, 0.6) is 0 Å². The van der Waals surface area contributed by atoms with Crippen LogP contribution in [0.15, 0.2) is 0 Å². The van der Waals surface area contributed by atoms with Crippen LogP contribution in [-0.4, -0.2) is 30.4 Å². The highest BCUT2D eigenvalue weighted by atomic mass is 35.5. The van der Waals surface area contributed by atoms with Gasteiger partial charge in [-0.2, -0.15) is 0 Å². The number of alkyl halides is 1. The van der Waals surface area contributed by atoms with E-state index in [1.807, 2.05) is 0 Å². The molecule has 0 amide bonds. The van der Waals surface area contributed by atoms with Crippen LogP contribution in [0.1, 0.15) is 46.5 Å². The first-order valence-electron chi connectivity index (χ1n) is 6.02. The van der Waals surface area contributed by atoms with Gasteiger partial charge in [0, 0.05) is 12.4 Å². The molecular formula is C12H26ClN. The van der Waals surface area contributed by atoms with Gasteiger partial charge < -0.3 is 4.90 Å². The van der Waals surface area contributed by atoms with Crippen molar-refractivity contribution in [1.29, 1.82) is 0 Å². The average molecular weight is 220 g/mol. The Kier molecular flexibility index (Phi) is 9.97. The molecule has 1 atom stereocenters. The lowest BCUT2D eigenvalue weighted by molar-refractivity contribution is 0.238. The van der Waals surface area contributed by atoms with Crippen LogP contribution in [0.25, 0.3) is 0 Å². The fourth-order valence-electron chi connectivity index (χ4n) is 1.55. The van der Waals surface area contributed by atoms with Gasteiger partial charge in [-0.1, -0.05) is 33.6 Å². The van der Waals surface area contributed by atoms with E-state index in [0.29, 0.717) is 5.92 Å². The Bertz CT molecular complexity index is 109. The maximum absolute atomic E-state index is 5.84. The molecule has 0 aliphatic rings. The molecule has 0 aromatic heterocycles. The van der Waals surface area contributed by atoms with Crippen LogP contribution in [0, 0.1) is 5.92 Å². The standard InChI is InChI=1S/C12H26ClN/c1-4-6-8-14(9-7-5-2)11-12(3)10-13/h12H,4-11H2,1-3H3. The molecule has 0 bridgehead atoms. The van der Waals surface area contributed by atoms with Crippen LogP contribution in [0.2, 0.25) is 0 Å². The minimum atomic E-state index is 0.630. The van der Waals surface area contributed by atoms with E-state index in [9.17, 15) is 0 Å². The van der Waals surface area contributed by atoms with E-state index in [-0.39, 0.29) is 0 Å². The van der Waals surface area contributed by atoms with Crippen LogP contribution in [0.4, 0.5) is 0 Å². The first-order valence-corrected chi connectivity index (χ1v) is 6.56. The van der Waals surface area contributed by atoms with E-state index in [4.69, 9.17) is 11.6 Å². The van der Waals surface area contributed by atoms with Crippen molar-refractivity contribution in [2.75, 3.05) is 25.5 Å². The Morgan fingerprint density at radius 2 is 1.57 bits per heavy atom. The van der Waals surface area contributed by atoms with Crippen molar-refractivity contribution in [3.05, 3.63) is 0 Å². The van der Waals surface area contributed by atoms with E-state index in [2.05, 4.69) is 25.7 Å². The van der Waals surface area contributed by atoms with Crippen molar-refractivity contribution in [2.24, 2.45) is 5.92 Å². The monoisotopic (exact) mass is 219 g/mol. The van der Waals surface area contributed by atoms with Gasteiger partial charge in [0.05, 0.1) is 0 Å². The number of hydrogen-bond acceptors (Lipinski definition) is 1. The van der Waals surface area contributed by atoms with Crippen molar-refractivity contribution in [1.82, 2.24) is 4.90 Å². The molecule has 86 valence electrons. The molecule has 0 aliphatic carbocycles. The van der Waals surface area contributed by atoms with Gasteiger partial charge in [-0.05, 0) is 31.8 Å². The van der Waals surface area contributed by atoms with Crippen LogP contribution in [-0.2, 0) is 0 Å². The summed E-state index contributed by atoms with van der Waals surface area (Å²) in [5.41, 5.74) is 0. The first kappa shape index (κ1) is 14.2. The number of rotatable bonds is 9. The maximum atomic E-state index is 5.84. The summed E-state index contributed by atoms with van der Waals surface area (Å²) in [5, 5.41) is 0. The molecule has 1 nitrogen and oxygen atoms in total. The highest BCUT2D eigenvalue weighted by Crippen LogP contribution is 2.05. The van der Waals surface area contributed by atoms with Gasteiger partial charge in [0.1, 0.15) is 0 Å². The van der Waals surface area contributed by atoms with Gasteiger partial charge in [-0.3, -0.25) is 0 Å². The van der Waals surface area contributed by atoms with Gasteiger partial charge in [0.15, 0.2) is 0 Å². The van der Waals surface area contributed by atoms with Crippen LogP contribution in [0.3, 0.4) is 0 Å². The summed E-state index contributed by atoms with van der Waals surface area (Å²) in [4.78, 5) is 2.57. The summed E-state index contributed by atoms with van der Waals surface area (Å²) in [7, 11) is 0. The second-order valence-electron chi connectivity index (χ2n) is 4.27. The zero-order chi connectivity index (χ0) is 10.8. The number of unbranched alkanes of at least 4 members (excludes halogenated alkanes) is 2. The Morgan fingerprint density at radius 3 is 1.93 bits per heavy atom. The summed E-state index contributed by atoms with van der Waals surface area (Å²) in [6, 6.07) is 0. The predicted molar refractivity (Wildman–Crippen MR) is 66.1 cm³/mol. The number of halogens is 1. The van der Waals surface area contributed by atoms with Crippen molar-refractivity contribution in [3.63, 3.8) is 0 Å². The molecular weight excluding hydrogens is 194 g/mol. The Labute approximate surface area is 94.8 Å². The van der Waals surface area contributed by atoms with Gasteiger partial charge in [0.25, 0.3) is 0 Å². The normalized spacial score (nSPS) is 13.5. The Balaban J connectivity index is 3.71. The van der Waals surface area contributed by atoms with Crippen LogP contribution >= 0.6 is 11.6 Å². The summed E-state index contributed by atoms with van der Waals surface area (Å²) >= 11 is 5.84. The van der Waals surface area contributed by atoms with E-state index in [1.54, 1.807) is 0 Å². The molecule has 0 aliphatic heterocycles. The van der Waals surface area contributed by atoms with Gasteiger partial charge >= 0.3 is 0 Å². The SMILES string of the molecule is CCCCN(CCCC)CC(C)CCl. The summed E-state index contributed by atoms with van der Waals surface area (Å²) in [6.07, 6.45) is 5.22. The Hall–Kier alpha value is 0.250. The fourth-order valence-corrected chi connectivity index (χ4v) is 1.64. The highest BCUT2D eigenvalue weighted by Gasteiger charge is 2.08. The zero-order valence-electron chi connectivity index (χ0n) is 10.1. The molecule has 0 heterocycles. The number of hydrogen-bond donors (Lipinski definition) is 0. The van der Waals surface area contributed by atoms with Gasteiger partial charge in [0.2, 0.25) is 0 Å². The zero-order valence-corrected chi connectivity index (χ0v) is 10.8. The quantitative estimate of drug-likeness (QED) is 0.534. The van der Waals surface area contributed by atoms with E-state index in [0.717, 1.165) is 5.88 Å². The molecule has 0 radical (unpaired) electrons. The molecule has 0 fully saturated rings. The topological polar surface area (TPSA) is 3.24 Å². The molecule has 0 spiro atoms. The van der Waals surface area contributed by atoms with Gasteiger partial charge in [-0.25, -0.2) is 0 Å².